The molecule has 0 radical (unpaired) electrons. The Morgan fingerprint density at radius 2 is 2.05 bits per heavy atom. The fraction of sp³-hybridized carbons (Fsp3) is 0.467. The maximum Gasteiger partial charge on any atom is 0.246 e. The van der Waals surface area contributed by atoms with Crippen LogP contribution >= 0.6 is 0 Å². The molecule has 1 atom stereocenters. The standard InChI is InChI=1S/C15H21N3O2/c1-17(12-7-3-2-4-8-12)14(19)11-18-10-6-5-9-13(16)15(18)20/h2-4,7-8,13H,5-6,9-11,16H2,1H3/t13-/m0/s1. The lowest BCUT2D eigenvalue weighted by Crippen LogP contribution is -2.47. The molecule has 1 aromatic carbocycles. The molecule has 2 rings (SSSR count). The third-order valence-electron chi connectivity index (χ3n) is 3.67. The third-order valence-corrected chi connectivity index (χ3v) is 3.67. The highest BCUT2D eigenvalue weighted by Crippen LogP contribution is 2.14. The fourth-order valence-electron chi connectivity index (χ4n) is 2.36. The van der Waals surface area contributed by atoms with Crippen LogP contribution < -0.4 is 10.6 Å². The summed E-state index contributed by atoms with van der Waals surface area (Å²) in [6, 6.07) is 8.94. The van der Waals surface area contributed by atoms with Crippen molar-refractivity contribution in [2.45, 2.75) is 25.3 Å². The third kappa shape index (κ3) is 3.36. The van der Waals surface area contributed by atoms with Crippen LogP contribution in [0.2, 0.25) is 0 Å². The van der Waals surface area contributed by atoms with E-state index in [0.717, 1.165) is 18.5 Å². The molecule has 2 N–H and O–H groups in total. The summed E-state index contributed by atoms with van der Waals surface area (Å²) in [5, 5.41) is 0. The van der Waals surface area contributed by atoms with Gasteiger partial charge in [0.05, 0.1) is 6.04 Å². The normalized spacial score (nSPS) is 19.6. The summed E-state index contributed by atoms with van der Waals surface area (Å²) in [5.74, 6) is -0.212. The fourth-order valence-corrected chi connectivity index (χ4v) is 2.36. The van der Waals surface area contributed by atoms with Gasteiger partial charge in [0.25, 0.3) is 0 Å². The van der Waals surface area contributed by atoms with Crippen molar-refractivity contribution in [2.75, 3.05) is 25.0 Å². The van der Waals surface area contributed by atoms with Crippen LogP contribution in [0.4, 0.5) is 5.69 Å². The van der Waals surface area contributed by atoms with E-state index in [1.165, 1.54) is 0 Å². The van der Waals surface area contributed by atoms with Crippen LogP contribution in [0.25, 0.3) is 0 Å². The van der Waals surface area contributed by atoms with Gasteiger partial charge in [0, 0.05) is 19.3 Å². The summed E-state index contributed by atoms with van der Waals surface area (Å²) < 4.78 is 0. The second-order valence-corrected chi connectivity index (χ2v) is 5.15. The van der Waals surface area contributed by atoms with Gasteiger partial charge in [-0.15, -0.1) is 0 Å². The molecule has 0 saturated carbocycles. The molecule has 0 aromatic heterocycles. The molecule has 1 aromatic rings. The minimum atomic E-state index is -0.465. The van der Waals surface area contributed by atoms with Gasteiger partial charge < -0.3 is 15.5 Å². The summed E-state index contributed by atoms with van der Waals surface area (Å²) in [5.41, 5.74) is 6.64. The Labute approximate surface area is 119 Å². The maximum absolute atomic E-state index is 12.3. The first kappa shape index (κ1) is 14.5. The summed E-state index contributed by atoms with van der Waals surface area (Å²) >= 11 is 0. The SMILES string of the molecule is CN(C(=O)CN1CCCC[C@H](N)C1=O)c1ccccc1. The molecular formula is C15H21N3O2. The molecule has 108 valence electrons. The van der Waals surface area contributed by atoms with E-state index >= 15 is 0 Å². The number of benzene rings is 1. The molecule has 1 aliphatic rings. The topological polar surface area (TPSA) is 66.6 Å². The number of hydrogen-bond donors (Lipinski definition) is 1. The largest absolute Gasteiger partial charge is 0.332 e. The van der Waals surface area contributed by atoms with Crippen molar-refractivity contribution < 1.29 is 9.59 Å². The molecule has 1 fully saturated rings. The van der Waals surface area contributed by atoms with Gasteiger partial charge in [-0.2, -0.15) is 0 Å². The van der Waals surface area contributed by atoms with E-state index in [2.05, 4.69) is 0 Å². The lowest BCUT2D eigenvalue weighted by molar-refractivity contribution is -0.135. The zero-order chi connectivity index (χ0) is 14.5. The summed E-state index contributed by atoms with van der Waals surface area (Å²) in [6.45, 7) is 0.707. The number of carbonyl (C=O) groups is 2. The van der Waals surface area contributed by atoms with E-state index in [4.69, 9.17) is 5.73 Å². The first-order valence-corrected chi connectivity index (χ1v) is 6.95. The van der Waals surface area contributed by atoms with E-state index < -0.39 is 6.04 Å². The van der Waals surface area contributed by atoms with Crippen molar-refractivity contribution >= 4 is 17.5 Å². The van der Waals surface area contributed by atoms with Crippen molar-refractivity contribution in [3.63, 3.8) is 0 Å². The molecule has 5 heteroatoms. The number of likely N-dealkylation sites (N-methyl/N-ethyl adjacent to an activating group) is 1. The zero-order valence-electron chi connectivity index (χ0n) is 11.8. The smallest absolute Gasteiger partial charge is 0.246 e. The summed E-state index contributed by atoms with van der Waals surface area (Å²) in [7, 11) is 1.72. The lowest BCUT2D eigenvalue weighted by Gasteiger charge is -2.25. The molecule has 0 bridgehead atoms. The average molecular weight is 275 g/mol. The van der Waals surface area contributed by atoms with Gasteiger partial charge in [0.1, 0.15) is 6.54 Å². The number of nitrogens with two attached hydrogens (primary N) is 1. The number of likely N-dealkylation sites (tertiary alicyclic amines) is 1. The molecule has 5 nitrogen and oxygen atoms in total. The predicted octanol–water partition coefficient (Wildman–Crippen LogP) is 0.989. The number of para-hydroxylation sites is 1. The monoisotopic (exact) mass is 275 g/mol. The Bertz CT molecular complexity index is 475. The van der Waals surface area contributed by atoms with E-state index in [1.54, 1.807) is 16.8 Å². The van der Waals surface area contributed by atoms with Crippen molar-refractivity contribution in [2.24, 2.45) is 5.73 Å². The number of amides is 2. The van der Waals surface area contributed by atoms with E-state index in [1.807, 2.05) is 30.3 Å². The molecule has 1 aliphatic heterocycles. The second kappa shape index (κ2) is 6.52. The molecular weight excluding hydrogens is 254 g/mol. The maximum atomic E-state index is 12.3. The van der Waals surface area contributed by atoms with Gasteiger partial charge in [-0.3, -0.25) is 9.59 Å². The van der Waals surface area contributed by atoms with Crippen molar-refractivity contribution in [1.82, 2.24) is 4.90 Å². The minimum absolute atomic E-state index is 0.0952. The molecule has 1 saturated heterocycles. The molecule has 0 unspecified atom stereocenters. The van der Waals surface area contributed by atoms with Crippen molar-refractivity contribution in [3.05, 3.63) is 30.3 Å². The first-order chi connectivity index (χ1) is 9.59. The molecule has 20 heavy (non-hydrogen) atoms. The highest BCUT2D eigenvalue weighted by atomic mass is 16.2. The van der Waals surface area contributed by atoms with Crippen LogP contribution in [0.15, 0.2) is 30.3 Å². The van der Waals surface area contributed by atoms with Crippen LogP contribution in [-0.4, -0.2) is 42.9 Å². The Balaban J connectivity index is 2.01. The Hall–Kier alpha value is -1.88. The van der Waals surface area contributed by atoms with E-state index in [9.17, 15) is 9.59 Å². The molecule has 1 heterocycles. The van der Waals surface area contributed by atoms with E-state index in [0.29, 0.717) is 13.0 Å². The minimum Gasteiger partial charge on any atom is -0.332 e. The Morgan fingerprint density at radius 1 is 1.35 bits per heavy atom. The van der Waals surface area contributed by atoms with Gasteiger partial charge in [-0.25, -0.2) is 0 Å². The molecule has 0 spiro atoms. The average Bonchev–Trinajstić information content (AvgIpc) is 2.63. The number of carbonyl (C=O) groups excluding carboxylic acids is 2. The van der Waals surface area contributed by atoms with Crippen LogP contribution in [-0.2, 0) is 9.59 Å². The number of nitrogens with zero attached hydrogens (tertiary/aromatic N) is 2. The highest BCUT2D eigenvalue weighted by Gasteiger charge is 2.26. The van der Waals surface area contributed by atoms with Gasteiger partial charge in [0.15, 0.2) is 0 Å². The number of rotatable bonds is 3. The van der Waals surface area contributed by atoms with Crippen LogP contribution in [0.5, 0.6) is 0 Å². The van der Waals surface area contributed by atoms with Crippen molar-refractivity contribution in [1.29, 1.82) is 0 Å². The number of hydrogen-bond acceptors (Lipinski definition) is 3. The second-order valence-electron chi connectivity index (χ2n) is 5.15. The Morgan fingerprint density at radius 3 is 2.75 bits per heavy atom. The zero-order valence-corrected chi connectivity index (χ0v) is 11.8. The summed E-state index contributed by atoms with van der Waals surface area (Å²) in [6.07, 6.45) is 2.55. The van der Waals surface area contributed by atoms with Gasteiger partial charge in [0.2, 0.25) is 11.8 Å². The predicted molar refractivity (Wildman–Crippen MR) is 78.3 cm³/mol. The van der Waals surface area contributed by atoms with E-state index in [-0.39, 0.29) is 18.4 Å². The van der Waals surface area contributed by atoms with Crippen molar-refractivity contribution in [3.8, 4) is 0 Å². The van der Waals surface area contributed by atoms with Gasteiger partial charge in [-0.1, -0.05) is 18.2 Å². The van der Waals surface area contributed by atoms with Crippen LogP contribution in [0, 0.1) is 0 Å². The first-order valence-electron chi connectivity index (χ1n) is 6.95. The summed E-state index contributed by atoms with van der Waals surface area (Å²) in [4.78, 5) is 27.5. The quantitative estimate of drug-likeness (QED) is 0.894. The lowest BCUT2D eigenvalue weighted by atomic mass is 10.1. The van der Waals surface area contributed by atoms with Gasteiger partial charge >= 0.3 is 0 Å². The molecule has 2 amide bonds. The Kier molecular flexibility index (Phi) is 4.74. The van der Waals surface area contributed by atoms with Crippen LogP contribution in [0.1, 0.15) is 19.3 Å². The van der Waals surface area contributed by atoms with Gasteiger partial charge in [-0.05, 0) is 31.4 Å². The van der Waals surface area contributed by atoms with Crippen LogP contribution in [0.3, 0.4) is 0 Å². The molecule has 0 aliphatic carbocycles. The number of anilines is 1. The highest BCUT2D eigenvalue weighted by molar-refractivity contribution is 5.96.